The van der Waals surface area contributed by atoms with Gasteiger partial charge in [-0.1, -0.05) is 12.1 Å². The van der Waals surface area contributed by atoms with Gasteiger partial charge >= 0.3 is 0 Å². The van der Waals surface area contributed by atoms with E-state index < -0.39 is 43.3 Å². The van der Waals surface area contributed by atoms with E-state index in [9.17, 15) is 18.4 Å². The van der Waals surface area contributed by atoms with Gasteiger partial charge in [-0.15, -0.1) is 0 Å². The summed E-state index contributed by atoms with van der Waals surface area (Å²) in [4.78, 5) is 30.5. The molecule has 2 aromatic heterocycles. The van der Waals surface area contributed by atoms with Crippen LogP contribution in [0.5, 0.6) is 0 Å². The van der Waals surface area contributed by atoms with Gasteiger partial charge in [0.15, 0.2) is 0 Å². The lowest BCUT2D eigenvalue weighted by Gasteiger charge is -2.19. The first-order chi connectivity index (χ1) is 16.3. The van der Waals surface area contributed by atoms with E-state index in [0.29, 0.717) is 16.5 Å². The van der Waals surface area contributed by atoms with E-state index in [2.05, 4.69) is 20.5 Å². The standard InChI is InChI=1S/C24H18F2N6O2/c25-24(26)9-17(10-27)32(13-24)22(33)12-29-23(34)18-5-6-28-21-4-2-15(8-19(18)21)14-1-3-20-16(7-14)11-30-31-20/h1-8,11,17H,9,12-13H2,(H,29,34)(H,30,31)/t17-/m0/s1. The predicted molar refractivity (Wildman–Crippen MR) is 120 cm³/mol. The van der Waals surface area contributed by atoms with Crippen LogP contribution < -0.4 is 5.32 Å². The maximum Gasteiger partial charge on any atom is 0.268 e. The third kappa shape index (κ3) is 3.92. The number of hydrogen-bond acceptors (Lipinski definition) is 5. The van der Waals surface area contributed by atoms with Crippen LogP contribution in [0, 0.1) is 11.3 Å². The predicted octanol–water partition coefficient (Wildman–Crippen LogP) is 3.27. The molecule has 1 aliphatic heterocycles. The zero-order chi connectivity index (χ0) is 23.9. The SMILES string of the molecule is N#C[C@@H]1CC(F)(F)CN1C(=O)CNC(=O)c1ccnc2ccc(-c3ccc4[nH]ncc4c3)cc12. The number of alkyl halides is 2. The smallest absolute Gasteiger partial charge is 0.268 e. The summed E-state index contributed by atoms with van der Waals surface area (Å²) in [7, 11) is 0. The maximum atomic E-state index is 13.6. The second-order valence-corrected chi connectivity index (χ2v) is 8.17. The lowest BCUT2D eigenvalue weighted by Crippen LogP contribution is -2.43. The molecule has 34 heavy (non-hydrogen) atoms. The number of carbonyl (C=O) groups is 2. The highest BCUT2D eigenvalue weighted by molar-refractivity contribution is 6.07. The van der Waals surface area contributed by atoms with Gasteiger partial charge in [-0.2, -0.15) is 10.4 Å². The molecule has 1 saturated heterocycles. The van der Waals surface area contributed by atoms with E-state index in [4.69, 9.17) is 5.26 Å². The largest absolute Gasteiger partial charge is 0.343 e. The summed E-state index contributed by atoms with van der Waals surface area (Å²) in [6.45, 7) is -1.32. The average Bonchev–Trinajstić information content (AvgIpc) is 3.44. The molecule has 0 radical (unpaired) electrons. The first kappa shape index (κ1) is 21.5. The van der Waals surface area contributed by atoms with Crippen LogP contribution in [0.4, 0.5) is 8.78 Å². The van der Waals surface area contributed by atoms with E-state index in [-0.39, 0.29) is 0 Å². The van der Waals surface area contributed by atoms with Crippen molar-refractivity contribution in [2.45, 2.75) is 18.4 Å². The third-order valence-corrected chi connectivity index (χ3v) is 5.90. The second-order valence-electron chi connectivity index (χ2n) is 8.17. The Morgan fingerprint density at radius 3 is 2.82 bits per heavy atom. The molecule has 10 heteroatoms. The number of benzene rings is 2. The first-order valence-electron chi connectivity index (χ1n) is 10.5. The minimum Gasteiger partial charge on any atom is -0.343 e. The van der Waals surface area contributed by atoms with Gasteiger partial charge in [-0.3, -0.25) is 19.7 Å². The Kier molecular flexibility index (Phi) is 5.17. The highest BCUT2D eigenvalue weighted by Crippen LogP contribution is 2.32. The molecule has 1 aliphatic rings. The van der Waals surface area contributed by atoms with Gasteiger partial charge in [0.2, 0.25) is 5.91 Å². The highest BCUT2D eigenvalue weighted by Gasteiger charge is 2.47. The molecule has 2 aromatic carbocycles. The van der Waals surface area contributed by atoms with Gasteiger partial charge in [0.25, 0.3) is 11.8 Å². The summed E-state index contributed by atoms with van der Waals surface area (Å²) in [5.41, 5.74) is 3.59. The van der Waals surface area contributed by atoms with Crippen LogP contribution in [-0.2, 0) is 4.79 Å². The maximum absolute atomic E-state index is 13.6. The molecule has 0 aliphatic carbocycles. The quantitative estimate of drug-likeness (QED) is 0.485. The van der Waals surface area contributed by atoms with Crippen molar-refractivity contribution in [3.8, 4) is 17.2 Å². The van der Waals surface area contributed by atoms with Gasteiger partial charge < -0.3 is 10.2 Å². The number of fused-ring (bicyclic) bond motifs is 2. The van der Waals surface area contributed by atoms with Crippen molar-refractivity contribution in [2.75, 3.05) is 13.1 Å². The third-order valence-electron chi connectivity index (χ3n) is 5.90. The van der Waals surface area contributed by atoms with Crippen molar-refractivity contribution >= 4 is 33.6 Å². The number of amides is 2. The number of nitrogens with one attached hydrogen (secondary N) is 2. The summed E-state index contributed by atoms with van der Waals surface area (Å²) in [5.74, 6) is -4.38. The molecule has 4 aromatic rings. The number of halogens is 2. The van der Waals surface area contributed by atoms with E-state index in [0.717, 1.165) is 26.9 Å². The van der Waals surface area contributed by atoms with Crippen LogP contribution >= 0.6 is 0 Å². The van der Waals surface area contributed by atoms with Crippen molar-refractivity contribution in [3.63, 3.8) is 0 Å². The van der Waals surface area contributed by atoms with Crippen LogP contribution in [0.1, 0.15) is 16.8 Å². The fraction of sp³-hybridized carbons (Fsp3) is 0.208. The van der Waals surface area contributed by atoms with E-state index in [1.54, 1.807) is 18.3 Å². The Morgan fingerprint density at radius 1 is 1.21 bits per heavy atom. The zero-order valence-electron chi connectivity index (χ0n) is 17.8. The molecule has 0 bridgehead atoms. The normalized spacial score (nSPS) is 17.1. The van der Waals surface area contributed by atoms with E-state index in [1.807, 2.05) is 30.3 Å². The topological polar surface area (TPSA) is 115 Å². The summed E-state index contributed by atoms with van der Waals surface area (Å²) in [6.07, 6.45) is 2.51. The molecule has 0 unspecified atom stereocenters. The van der Waals surface area contributed by atoms with Crippen LogP contribution in [0.15, 0.2) is 54.9 Å². The molecule has 0 spiro atoms. The minimum absolute atomic E-state index is 0.299. The van der Waals surface area contributed by atoms with Gasteiger partial charge in [0.05, 0.1) is 42.0 Å². The summed E-state index contributed by atoms with van der Waals surface area (Å²) in [6, 6.07) is 13.4. The van der Waals surface area contributed by atoms with Crippen molar-refractivity contribution in [2.24, 2.45) is 0 Å². The number of aromatic nitrogens is 3. The first-order valence-corrected chi connectivity index (χ1v) is 10.5. The van der Waals surface area contributed by atoms with Crippen LogP contribution in [-0.4, -0.2) is 56.9 Å². The van der Waals surface area contributed by atoms with Gasteiger partial charge in [0, 0.05) is 23.4 Å². The number of carbonyl (C=O) groups excluding carboxylic acids is 2. The molecule has 170 valence electrons. The van der Waals surface area contributed by atoms with Crippen molar-refractivity contribution < 1.29 is 18.4 Å². The number of nitrogens with zero attached hydrogens (tertiary/aromatic N) is 4. The number of rotatable bonds is 4. The lowest BCUT2D eigenvalue weighted by molar-refractivity contribution is -0.131. The van der Waals surface area contributed by atoms with Gasteiger partial charge in [0.1, 0.15) is 6.04 Å². The molecule has 8 nitrogen and oxygen atoms in total. The second kappa shape index (κ2) is 8.19. The van der Waals surface area contributed by atoms with Crippen LogP contribution in [0.3, 0.4) is 0 Å². The number of H-pyrrole nitrogens is 1. The molecule has 5 rings (SSSR count). The number of hydrogen-bond donors (Lipinski definition) is 2. The van der Waals surface area contributed by atoms with Crippen LogP contribution in [0.25, 0.3) is 32.9 Å². The van der Waals surface area contributed by atoms with Gasteiger partial charge in [-0.05, 0) is 41.5 Å². The fourth-order valence-electron chi connectivity index (χ4n) is 4.19. The van der Waals surface area contributed by atoms with Crippen LogP contribution in [0.2, 0.25) is 0 Å². The zero-order valence-corrected chi connectivity index (χ0v) is 17.8. The van der Waals surface area contributed by atoms with Crippen molar-refractivity contribution in [3.05, 3.63) is 60.4 Å². The number of aromatic amines is 1. The number of likely N-dealkylation sites (tertiary alicyclic amines) is 1. The number of pyridine rings is 1. The minimum atomic E-state index is -3.11. The Hall–Kier alpha value is -4.39. The van der Waals surface area contributed by atoms with Crippen molar-refractivity contribution in [1.29, 1.82) is 5.26 Å². The number of nitriles is 1. The molecule has 1 fully saturated rings. The Labute approximate surface area is 192 Å². The molecular weight excluding hydrogens is 442 g/mol. The molecule has 2 N–H and O–H groups in total. The summed E-state index contributed by atoms with van der Waals surface area (Å²) < 4.78 is 27.3. The Balaban J connectivity index is 1.38. The monoisotopic (exact) mass is 460 g/mol. The summed E-state index contributed by atoms with van der Waals surface area (Å²) in [5, 5.41) is 20.0. The average molecular weight is 460 g/mol. The molecule has 1 atom stereocenters. The molecule has 3 heterocycles. The summed E-state index contributed by atoms with van der Waals surface area (Å²) >= 11 is 0. The fourth-order valence-corrected chi connectivity index (χ4v) is 4.19. The van der Waals surface area contributed by atoms with Gasteiger partial charge in [-0.25, -0.2) is 8.78 Å². The Morgan fingerprint density at radius 2 is 2.00 bits per heavy atom. The van der Waals surface area contributed by atoms with E-state index >= 15 is 0 Å². The highest BCUT2D eigenvalue weighted by atomic mass is 19.3. The molecule has 2 amide bonds. The Bertz CT molecular complexity index is 1480. The molecular formula is C24H18F2N6O2. The van der Waals surface area contributed by atoms with E-state index in [1.165, 1.54) is 12.3 Å². The van der Waals surface area contributed by atoms with Crippen molar-refractivity contribution in [1.82, 2.24) is 25.4 Å². The molecule has 0 saturated carbocycles. The lowest BCUT2D eigenvalue weighted by atomic mass is 9.99.